The number of carbonyl (C=O) groups is 1. The van der Waals surface area contributed by atoms with Crippen LogP contribution in [0.1, 0.15) is 26.3 Å². The van der Waals surface area contributed by atoms with Crippen molar-refractivity contribution in [1.82, 2.24) is 4.90 Å². The van der Waals surface area contributed by atoms with Crippen LogP contribution in [0.2, 0.25) is 5.02 Å². The Kier molecular flexibility index (Phi) is 3.91. The SMILES string of the molecule is CCN1C(=S)N(c2ccc(C#N)c(Cl)c2F)C(=O)C1(C)C. The number of thiocarbonyl (C=S) groups is 1. The predicted octanol–water partition coefficient (Wildman–Crippen LogP) is 3.08. The van der Waals surface area contributed by atoms with Crippen molar-refractivity contribution in [2.24, 2.45) is 0 Å². The molecule has 0 aliphatic carbocycles. The highest BCUT2D eigenvalue weighted by Crippen LogP contribution is 2.36. The maximum absolute atomic E-state index is 14.4. The highest BCUT2D eigenvalue weighted by atomic mass is 35.5. The number of amides is 1. The summed E-state index contributed by atoms with van der Waals surface area (Å²) < 4.78 is 14.4. The first-order chi connectivity index (χ1) is 9.77. The van der Waals surface area contributed by atoms with Gasteiger partial charge in [-0.2, -0.15) is 5.26 Å². The molecule has 2 rings (SSSR count). The van der Waals surface area contributed by atoms with Gasteiger partial charge in [0.05, 0.1) is 16.3 Å². The van der Waals surface area contributed by atoms with Crippen molar-refractivity contribution in [1.29, 1.82) is 5.26 Å². The largest absolute Gasteiger partial charge is 0.335 e. The van der Waals surface area contributed by atoms with Crippen LogP contribution < -0.4 is 4.90 Å². The molecule has 4 nitrogen and oxygen atoms in total. The molecular formula is C14H13ClFN3OS. The van der Waals surface area contributed by atoms with Gasteiger partial charge < -0.3 is 4.90 Å². The lowest BCUT2D eigenvalue weighted by Gasteiger charge is -2.27. The van der Waals surface area contributed by atoms with Gasteiger partial charge in [-0.05, 0) is 45.1 Å². The fourth-order valence-corrected chi connectivity index (χ4v) is 3.12. The molecule has 0 saturated carbocycles. The van der Waals surface area contributed by atoms with Crippen molar-refractivity contribution in [3.63, 3.8) is 0 Å². The first-order valence-electron chi connectivity index (χ1n) is 6.31. The summed E-state index contributed by atoms with van der Waals surface area (Å²) in [4.78, 5) is 15.4. The van der Waals surface area contributed by atoms with Crippen LogP contribution in [0.3, 0.4) is 0 Å². The number of likely N-dealkylation sites (N-methyl/N-ethyl adjacent to an activating group) is 1. The summed E-state index contributed by atoms with van der Waals surface area (Å²) in [5.74, 6) is -1.14. The van der Waals surface area contributed by atoms with Gasteiger partial charge in [0.1, 0.15) is 11.6 Å². The minimum atomic E-state index is -0.849. The summed E-state index contributed by atoms with van der Waals surface area (Å²) in [5, 5.41) is 8.77. The number of halogens is 2. The molecule has 0 N–H and O–H groups in total. The number of carbonyl (C=O) groups excluding carboxylic acids is 1. The average molecular weight is 326 g/mol. The van der Waals surface area contributed by atoms with Crippen molar-refractivity contribution in [2.45, 2.75) is 26.3 Å². The Balaban J connectivity index is 2.59. The number of nitriles is 1. The molecule has 0 bridgehead atoms. The van der Waals surface area contributed by atoms with Gasteiger partial charge >= 0.3 is 0 Å². The van der Waals surface area contributed by atoms with E-state index in [2.05, 4.69) is 0 Å². The van der Waals surface area contributed by atoms with E-state index in [0.717, 1.165) is 4.90 Å². The standard InChI is InChI=1S/C14H13ClFN3OS/c1-4-18-13(21)19(12(20)14(18,2)3)9-6-5-8(7-17)10(15)11(9)16/h5-6H,4H2,1-3H3. The third kappa shape index (κ3) is 2.17. The predicted molar refractivity (Wildman–Crippen MR) is 82.7 cm³/mol. The number of rotatable bonds is 2. The molecule has 7 heteroatoms. The van der Waals surface area contributed by atoms with Gasteiger partial charge in [0, 0.05) is 6.54 Å². The van der Waals surface area contributed by atoms with Gasteiger partial charge in [-0.15, -0.1) is 0 Å². The molecule has 0 radical (unpaired) electrons. The molecule has 0 spiro atoms. The normalized spacial score (nSPS) is 17.3. The van der Waals surface area contributed by atoms with E-state index < -0.39 is 11.4 Å². The molecule has 1 heterocycles. The third-order valence-corrected chi connectivity index (χ3v) is 4.34. The maximum atomic E-state index is 14.4. The van der Waals surface area contributed by atoms with Crippen molar-refractivity contribution in [2.75, 3.05) is 11.4 Å². The molecule has 1 aliphatic rings. The van der Waals surface area contributed by atoms with Gasteiger partial charge in [0.25, 0.3) is 5.91 Å². The molecule has 1 amide bonds. The lowest BCUT2D eigenvalue weighted by atomic mass is 10.0. The minimum absolute atomic E-state index is 0.0158. The van der Waals surface area contributed by atoms with Crippen molar-refractivity contribution < 1.29 is 9.18 Å². The van der Waals surface area contributed by atoms with Crippen molar-refractivity contribution in [3.8, 4) is 6.07 Å². The number of benzene rings is 1. The van der Waals surface area contributed by atoms with Crippen LogP contribution in [-0.4, -0.2) is 28.0 Å². The van der Waals surface area contributed by atoms with E-state index in [0.29, 0.717) is 6.54 Å². The summed E-state index contributed by atoms with van der Waals surface area (Å²) in [6.07, 6.45) is 0. The molecule has 1 aromatic carbocycles. The van der Waals surface area contributed by atoms with E-state index in [-0.39, 0.29) is 27.3 Å². The Hall–Kier alpha value is -1.71. The summed E-state index contributed by atoms with van der Waals surface area (Å²) in [7, 11) is 0. The summed E-state index contributed by atoms with van der Waals surface area (Å²) in [6.45, 7) is 5.86. The van der Waals surface area contributed by atoms with Gasteiger partial charge in [-0.3, -0.25) is 9.69 Å². The Morgan fingerprint density at radius 2 is 2.10 bits per heavy atom. The van der Waals surface area contributed by atoms with Crippen molar-refractivity contribution >= 4 is 40.5 Å². The van der Waals surface area contributed by atoms with Crippen LogP contribution >= 0.6 is 23.8 Å². The van der Waals surface area contributed by atoms with Crippen LogP contribution in [0, 0.1) is 17.1 Å². The second kappa shape index (κ2) is 5.24. The Morgan fingerprint density at radius 3 is 2.57 bits per heavy atom. The molecule has 0 unspecified atom stereocenters. The second-order valence-electron chi connectivity index (χ2n) is 5.10. The van der Waals surface area contributed by atoms with E-state index in [1.54, 1.807) is 24.8 Å². The number of hydrogen-bond acceptors (Lipinski definition) is 3. The first-order valence-corrected chi connectivity index (χ1v) is 7.10. The van der Waals surface area contributed by atoms with Crippen LogP contribution in [0.5, 0.6) is 0 Å². The smallest absolute Gasteiger partial charge is 0.258 e. The van der Waals surface area contributed by atoms with Gasteiger partial charge in [0.15, 0.2) is 10.9 Å². The monoisotopic (exact) mass is 325 g/mol. The molecular weight excluding hydrogens is 313 g/mol. The summed E-state index contributed by atoms with van der Waals surface area (Å²) in [5.41, 5.74) is -0.862. The van der Waals surface area contributed by atoms with E-state index in [4.69, 9.17) is 29.1 Å². The topological polar surface area (TPSA) is 47.3 Å². The molecule has 1 fully saturated rings. The molecule has 0 atom stereocenters. The Bertz CT molecular complexity index is 684. The zero-order chi connectivity index (χ0) is 15.9. The molecule has 1 aromatic rings. The second-order valence-corrected chi connectivity index (χ2v) is 5.84. The molecule has 1 aliphatic heterocycles. The minimum Gasteiger partial charge on any atom is -0.335 e. The number of anilines is 1. The molecule has 0 aromatic heterocycles. The summed E-state index contributed by atoms with van der Waals surface area (Å²) >= 11 is 11.1. The highest BCUT2D eigenvalue weighted by molar-refractivity contribution is 7.80. The number of hydrogen-bond donors (Lipinski definition) is 0. The zero-order valence-corrected chi connectivity index (χ0v) is 13.3. The lowest BCUT2D eigenvalue weighted by molar-refractivity contribution is -0.123. The average Bonchev–Trinajstić information content (AvgIpc) is 2.60. The van der Waals surface area contributed by atoms with Crippen LogP contribution in [0.15, 0.2) is 12.1 Å². The third-order valence-electron chi connectivity index (χ3n) is 3.56. The Labute approximate surface area is 132 Å². The first kappa shape index (κ1) is 15.7. The van der Waals surface area contributed by atoms with Crippen LogP contribution in [-0.2, 0) is 4.79 Å². The summed E-state index contributed by atoms with van der Waals surface area (Å²) in [6, 6.07) is 4.51. The molecule has 110 valence electrons. The van der Waals surface area contributed by atoms with Crippen LogP contribution in [0.4, 0.5) is 10.1 Å². The fourth-order valence-electron chi connectivity index (χ4n) is 2.38. The zero-order valence-electron chi connectivity index (χ0n) is 11.8. The van der Waals surface area contributed by atoms with Gasteiger partial charge in [-0.25, -0.2) is 4.39 Å². The van der Waals surface area contributed by atoms with E-state index >= 15 is 0 Å². The lowest BCUT2D eigenvalue weighted by Crippen LogP contribution is -2.43. The maximum Gasteiger partial charge on any atom is 0.258 e. The van der Waals surface area contributed by atoms with E-state index in [1.807, 2.05) is 6.92 Å². The van der Waals surface area contributed by atoms with Crippen LogP contribution in [0.25, 0.3) is 0 Å². The van der Waals surface area contributed by atoms with E-state index in [9.17, 15) is 9.18 Å². The fraction of sp³-hybridized carbons (Fsp3) is 0.357. The molecule has 1 saturated heterocycles. The van der Waals surface area contributed by atoms with E-state index in [1.165, 1.54) is 12.1 Å². The molecule has 21 heavy (non-hydrogen) atoms. The highest BCUT2D eigenvalue weighted by Gasteiger charge is 2.49. The number of nitrogens with zero attached hydrogens (tertiary/aromatic N) is 3. The quantitative estimate of drug-likeness (QED) is 0.784. The van der Waals surface area contributed by atoms with Gasteiger partial charge in [0.2, 0.25) is 0 Å². The van der Waals surface area contributed by atoms with Crippen molar-refractivity contribution in [3.05, 3.63) is 28.5 Å². The Morgan fingerprint density at radius 1 is 1.48 bits per heavy atom. The van der Waals surface area contributed by atoms with Gasteiger partial charge in [-0.1, -0.05) is 11.6 Å².